The van der Waals surface area contributed by atoms with Gasteiger partial charge in [-0.1, -0.05) is 42.5 Å². The van der Waals surface area contributed by atoms with Crippen LogP contribution in [-0.4, -0.2) is 21.8 Å². The number of benzene rings is 2. The van der Waals surface area contributed by atoms with Gasteiger partial charge in [0.2, 0.25) is 0 Å². The highest BCUT2D eigenvalue weighted by molar-refractivity contribution is 5.92. The molecule has 3 aromatic rings. The number of nitrogens with two attached hydrogens (primary N) is 1. The Morgan fingerprint density at radius 2 is 1.87 bits per heavy atom. The second kappa shape index (κ2) is 8.67. The number of imidazole rings is 1. The Hall–Kier alpha value is -1.88. The number of hydrogen-bond acceptors (Lipinski definition) is 3. The van der Waals surface area contributed by atoms with Crippen molar-refractivity contribution in [1.82, 2.24) is 9.97 Å². The minimum absolute atomic E-state index is 0. The first-order valence-electron chi connectivity index (χ1n) is 6.96. The molecule has 6 heteroatoms. The molecule has 0 saturated carbocycles. The Morgan fingerprint density at radius 1 is 1.13 bits per heavy atom. The van der Waals surface area contributed by atoms with Crippen LogP contribution in [0.1, 0.15) is 11.3 Å². The average Bonchev–Trinajstić information content (AvgIpc) is 3.00. The molecule has 1 heterocycles. The molecular weight excluding hydrogens is 333 g/mol. The lowest BCUT2D eigenvalue weighted by atomic mass is 9.97. The lowest BCUT2D eigenvalue weighted by Gasteiger charge is -2.11. The van der Waals surface area contributed by atoms with E-state index in [-0.39, 0.29) is 30.6 Å². The summed E-state index contributed by atoms with van der Waals surface area (Å²) in [6.07, 6.45) is 4.14. The standard InChI is InChI=1S/C17H17N3O.2ClH/c18-16(9-14-10-19-11-20-14)17(21)8-13-6-3-5-12-4-1-2-7-15(12)13;;/h1-7,10-11,16H,8-9,18H2,(H,19,20);2*1H/t16-;;/m0../s1. The zero-order valence-corrected chi connectivity index (χ0v) is 14.1. The number of nitrogens with one attached hydrogen (secondary N) is 1. The molecule has 0 bridgehead atoms. The van der Waals surface area contributed by atoms with Crippen LogP contribution in [0.25, 0.3) is 10.8 Å². The zero-order valence-electron chi connectivity index (χ0n) is 12.4. The topological polar surface area (TPSA) is 71.8 Å². The smallest absolute Gasteiger partial charge is 0.154 e. The molecule has 122 valence electrons. The minimum Gasteiger partial charge on any atom is -0.348 e. The number of H-pyrrole nitrogens is 1. The van der Waals surface area contributed by atoms with E-state index in [1.807, 2.05) is 42.5 Å². The van der Waals surface area contributed by atoms with E-state index in [0.717, 1.165) is 22.0 Å². The lowest BCUT2D eigenvalue weighted by Crippen LogP contribution is -2.34. The van der Waals surface area contributed by atoms with Crippen molar-refractivity contribution in [2.75, 3.05) is 0 Å². The first kappa shape index (κ1) is 19.2. The van der Waals surface area contributed by atoms with E-state index >= 15 is 0 Å². The molecule has 0 radical (unpaired) electrons. The van der Waals surface area contributed by atoms with Gasteiger partial charge in [-0.3, -0.25) is 4.79 Å². The molecule has 23 heavy (non-hydrogen) atoms. The Bertz CT molecular complexity index is 754. The van der Waals surface area contributed by atoms with Gasteiger partial charge in [-0.2, -0.15) is 0 Å². The van der Waals surface area contributed by atoms with Crippen molar-refractivity contribution in [3.8, 4) is 0 Å². The van der Waals surface area contributed by atoms with E-state index in [1.54, 1.807) is 12.5 Å². The highest BCUT2D eigenvalue weighted by atomic mass is 35.5. The predicted molar refractivity (Wildman–Crippen MR) is 97.4 cm³/mol. The summed E-state index contributed by atoms with van der Waals surface area (Å²) in [5.41, 5.74) is 7.91. The van der Waals surface area contributed by atoms with E-state index in [0.29, 0.717) is 12.8 Å². The van der Waals surface area contributed by atoms with Gasteiger partial charge in [-0.05, 0) is 16.3 Å². The summed E-state index contributed by atoms with van der Waals surface area (Å²) in [5.74, 6) is 0.0425. The zero-order chi connectivity index (χ0) is 14.7. The maximum atomic E-state index is 12.3. The number of aromatic nitrogens is 2. The van der Waals surface area contributed by atoms with Crippen LogP contribution >= 0.6 is 24.8 Å². The molecule has 1 atom stereocenters. The molecule has 1 aromatic heterocycles. The van der Waals surface area contributed by atoms with Crippen LogP contribution in [0.15, 0.2) is 55.0 Å². The average molecular weight is 352 g/mol. The summed E-state index contributed by atoms with van der Waals surface area (Å²) in [6, 6.07) is 13.6. The van der Waals surface area contributed by atoms with Crippen molar-refractivity contribution in [1.29, 1.82) is 0 Å². The number of aromatic amines is 1. The summed E-state index contributed by atoms with van der Waals surface area (Å²) in [4.78, 5) is 19.2. The van der Waals surface area contributed by atoms with Crippen LogP contribution < -0.4 is 5.73 Å². The van der Waals surface area contributed by atoms with E-state index < -0.39 is 6.04 Å². The molecular formula is C17H19Cl2N3O. The number of Topliss-reactive ketones (excluding diaryl/α,β-unsaturated/α-hetero) is 1. The molecule has 4 nitrogen and oxygen atoms in total. The Labute approximate surface area is 147 Å². The molecule has 0 spiro atoms. The van der Waals surface area contributed by atoms with Gasteiger partial charge in [0.05, 0.1) is 12.4 Å². The molecule has 3 rings (SSSR count). The molecule has 0 aliphatic carbocycles. The van der Waals surface area contributed by atoms with Crippen molar-refractivity contribution in [2.24, 2.45) is 5.73 Å². The van der Waals surface area contributed by atoms with Gasteiger partial charge >= 0.3 is 0 Å². The predicted octanol–water partition coefficient (Wildman–Crippen LogP) is 3.09. The molecule has 0 fully saturated rings. The summed E-state index contributed by atoms with van der Waals surface area (Å²) < 4.78 is 0. The number of nitrogens with zero attached hydrogens (tertiary/aromatic N) is 1. The quantitative estimate of drug-likeness (QED) is 0.741. The van der Waals surface area contributed by atoms with Crippen LogP contribution in [0.5, 0.6) is 0 Å². The fraction of sp³-hybridized carbons (Fsp3) is 0.176. The summed E-state index contributed by atoms with van der Waals surface area (Å²) in [6.45, 7) is 0. The van der Waals surface area contributed by atoms with Gasteiger partial charge in [-0.15, -0.1) is 24.8 Å². The molecule has 2 aromatic carbocycles. The van der Waals surface area contributed by atoms with Gasteiger partial charge in [-0.25, -0.2) is 4.98 Å². The lowest BCUT2D eigenvalue weighted by molar-refractivity contribution is -0.119. The highest BCUT2D eigenvalue weighted by Gasteiger charge is 2.16. The molecule has 0 aliphatic heterocycles. The normalized spacial score (nSPS) is 11.3. The third-order valence-corrected chi connectivity index (χ3v) is 3.65. The van der Waals surface area contributed by atoms with Crippen LogP contribution in [0, 0.1) is 0 Å². The Morgan fingerprint density at radius 3 is 2.61 bits per heavy atom. The van der Waals surface area contributed by atoms with Crippen LogP contribution in [-0.2, 0) is 17.6 Å². The molecule has 0 saturated heterocycles. The van der Waals surface area contributed by atoms with Gasteiger partial charge in [0.1, 0.15) is 0 Å². The van der Waals surface area contributed by atoms with Gasteiger partial charge < -0.3 is 10.7 Å². The number of fused-ring (bicyclic) bond motifs is 1. The Balaban J connectivity index is 0.00000132. The summed E-state index contributed by atoms with van der Waals surface area (Å²) in [7, 11) is 0. The monoisotopic (exact) mass is 351 g/mol. The fourth-order valence-corrected chi connectivity index (χ4v) is 2.51. The minimum atomic E-state index is -0.510. The molecule has 0 aliphatic rings. The fourth-order valence-electron chi connectivity index (χ4n) is 2.51. The van der Waals surface area contributed by atoms with Crippen LogP contribution in [0.4, 0.5) is 0 Å². The molecule has 0 unspecified atom stereocenters. The van der Waals surface area contributed by atoms with E-state index in [1.165, 1.54) is 0 Å². The first-order chi connectivity index (χ1) is 10.2. The van der Waals surface area contributed by atoms with Crippen molar-refractivity contribution < 1.29 is 4.79 Å². The molecule has 0 amide bonds. The number of rotatable bonds is 5. The first-order valence-corrected chi connectivity index (χ1v) is 6.96. The van der Waals surface area contributed by atoms with Crippen LogP contribution in [0.2, 0.25) is 0 Å². The van der Waals surface area contributed by atoms with Crippen molar-refractivity contribution in [3.63, 3.8) is 0 Å². The van der Waals surface area contributed by atoms with Gasteiger partial charge in [0, 0.05) is 24.7 Å². The van der Waals surface area contributed by atoms with E-state index in [9.17, 15) is 4.79 Å². The van der Waals surface area contributed by atoms with Gasteiger partial charge in [0.25, 0.3) is 0 Å². The van der Waals surface area contributed by atoms with E-state index in [4.69, 9.17) is 5.73 Å². The van der Waals surface area contributed by atoms with Crippen molar-refractivity contribution in [2.45, 2.75) is 18.9 Å². The Kier molecular flexibility index (Phi) is 7.23. The summed E-state index contributed by atoms with van der Waals surface area (Å²) >= 11 is 0. The maximum Gasteiger partial charge on any atom is 0.154 e. The summed E-state index contributed by atoms with van der Waals surface area (Å²) in [5, 5.41) is 2.26. The second-order valence-corrected chi connectivity index (χ2v) is 5.17. The maximum absolute atomic E-state index is 12.3. The van der Waals surface area contributed by atoms with Crippen molar-refractivity contribution >= 4 is 41.4 Å². The van der Waals surface area contributed by atoms with Gasteiger partial charge in [0.15, 0.2) is 5.78 Å². The van der Waals surface area contributed by atoms with E-state index in [2.05, 4.69) is 9.97 Å². The number of hydrogen-bond donors (Lipinski definition) is 2. The van der Waals surface area contributed by atoms with Crippen molar-refractivity contribution in [3.05, 3.63) is 66.2 Å². The second-order valence-electron chi connectivity index (χ2n) is 5.17. The number of ketones is 1. The number of carbonyl (C=O) groups excluding carboxylic acids is 1. The number of halogens is 2. The third-order valence-electron chi connectivity index (χ3n) is 3.65. The third kappa shape index (κ3) is 4.55. The SMILES string of the molecule is Cl.Cl.N[C@@H](Cc1cnc[nH]1)C(=O)Cc1cccc2ccccc12. The highest BCUT2D eigenvalue weighted by Crippen LogP contribution is 2.19. The molecule has 3 N–H and O–H groups in total. The van der Waals surface area contributed by atoms with Crippen LogP contribution in [0.3, 0.4) is 0 Å². The largest absolute Gasteiger partial charge is 0.348 e. The number of carbonyl (C=O) groups is 1.